The van der Waals surface area contributed by atoms with Crippen molar-refractivity contribution in [2.75, 3.05) is 13.7 Å². The van der Waals surface area contributed by atoms with Crippen LogP contribution < -0.4 is 4.74 Å². The Labute approximate surface area is 147 Å². The third-order valence-electron chi connectivity index (χ3n) is 3.88. The fraction of sp³-hybridized carbons (Fsp3) is 0.300. The molecule has 5 heteroatoms. The molecule has 0 aliphatic heterocycles. The van der Waals surface area contributed by atoms with Crippen molar-refractivity contribution in [2.45, 2.75) is 26.3 Å². The molecule has 0 atom stereocenters. The third kappa shape index (κ3) is 5.35. The Hall–Kier alpha value is -2.82. The molecule has 0 heterocycles. The maximum Gasteiger partial charge on any atom is 0.341 e. The summed E-state index contributed by atoms with van der Waals surface area (Å²) in [6, 6.07) is 14.7. The lowest BCUT2D eigenvalue weighted by molar-refractivity contribution is -0.139. The number of ether oxygens (including phenoxy) is 1. The molecule has 2 aromatic carbocycles. The van der Waals surface area contributed by atoms with Gasteiger partial charge in [0.05, 0.1) is 0 Å². The molecule has 2 aromatic rings. The van der Waals surface area contributed by atoms with E-state index in [2.05, 4.69) is 13.8 Å². The number of carbonyl (C=O) groups is 2. The third-order valence-corrected chi connectivity index (χ3v) is 3.88. The van der Waals surface area contributed by atoms with Crippen molar-refractivity contribution in [3.63, 3.8) is 0 Å². The van der Waals surface area contributed by atoms with Crippen molar-refractivity contribution in [2.24, 2.45) is 0 Å². The number of aliphatic carboxylic acids is 1. The first-order chi connectivity index (χ1) is 11.9. The molecule has 1 amide bonds. The van der Waals surface area contributed by atoms with Gasteiger partial charge in [0.25, 0.3) is 5.91 Å². The van der Waals surface area contributed by atoms with Crippen molar-refractivity contribution >= 4 is 11.9 Å². The smallest absolute Gasteiger partial charge is 0.341 e. The number of amides is 1. The molecule has 132 valence electrons. The second kappa shape index (κ2) is 8.33. The van der Waals surface area contributed by atoms with E-state index in [-0.39, 0.29) is 12.5 Å². The van der Waals surface area contributed by atoms with Crippen LogP contribution in [0.3, 0.4) is 0 Å². The molecule has 0 unspecified atom stereocenters. The molecule has 0 radical (unpaired) electrons. The second-order valence-corrected chi connectivity index (χ2v) is 6.26. The van der Waals surface area contributed by atoms with Crippen molar-refractivity contribution in [1.82, 2.24) is 4.90 Å². The van der Waals surface area contributed by atoms with Crippen LogP contribution in [-0.2, 0) is 11.3 Å². The van der Waals surface area contributed by atoms with Crippen LogP contribution in [0.25, 0.3) is 0 Å². The summed E-state index contributed by atoms with van der Waals surface area (Å²) in [5.41, 5.74) is 2.81. The van der Waals surface area contributed by atoms with Crippen LogP contribution in [0.15, 0.2) is 48.5 Å². The summed E-state index contributed by atoms with van der Waals surface area (Å²) >= 11 is 0. The van der Waals surface area contributed by atoms with E-state index in [1.54, 1.807) is 24.1 Å². The minimum absolute atomic E-state index is 0.0403. The Kier molecular flexibility index (Phi) is 6.17. The largest absolute Gasteiger partial charge is 0.482 e. The lowest BCUT2D eigenvalue weighted by Gasteiger charge is -2.18. The molecule has 0 bridgehead atoms. The molecule has 0 fully saturated rings. The fourth-order valence-electron chi connectivity index (χ4n) is 2.41. The summed E-state index contributed by atoms with van der Waals surface area (Å²) in [5.74, 6) is -0.132. The highest BCUT2D eigenvalue weighted by Crippen LogP contribution is 2.17. The quantitative estimate of drug-likeness (QED) is 0.836. The minimum atomic E-state index is -1.02. The van der Waals surface area contributed by atoms with Crippen LogP contribution in [0.2, 0.25) is 0 Å². The first-order valence-corrected chi connectivity index (χ1v) is 8.15. The summed E-state index contributed by atoms with van der Waals surface area (Å²) in [5, 5.41) is 8.60. The van der Waals surface area contributed by atoms with E-state index in [4.69, 9.17) is 9.84 Å². The van der Waals surface area contributed by atoms with Crippen LogP contribution in [0.5, 0.6) is 5.75 Å². The molecular formula is C20H23NO4. The number of carbonyl (C=O) groups excluding carboxylic acids is 1. The topological polar surface area (TPSA) is 66.8 Å². The summed E-state index contributed by atoms with van der Waals surface area (Å²) in [6.45, 7) is 4.33. The van der Waals surface area contributed by atoms with Gasteiger partial charge >= 0.3 is 5.97 Å². The van der Waals surface area contributed by atoms with E-state index in [1.807, 2.05) is 36.4 Å². The van der Waals surface area contributed by atoms with Crippen molar-refractivity contribution in [1.29, 1.82) is 0 Å². The van der Waals surface area contributed by atoms with Crippen LogP contribution in [0.4, 0.5) is 0 Å². The monoisotopic (exact) mass is 341 g/mol. The number of carboxylic acid groups (broad SMARTS) is 1. The highest BCUT2D eigenvalue weighted by Gasteiger charge is 2.12. The average Bonchev–Trinajstić information content (AvgIpc) is 2.60. The van der Waals surface area contributed by atoms with Gasteiger partial charge in [0.2, 0.25) is 0 Å². The second-order valence-electron chi connectivity index (χ2n) is 6.26. The lowest BCUT2D eigenvalue weighted by atomic mass is 10.0. The fourth-order valence-corrected chi connectivity index (χ4v) is 2.41. The maximum atomic E-state index is 12.5. The standard InChI is InChI=1S/C20H23NO4/c1-14(2)16-6-8-17(9-7-16)20(24)21(3)12-15-4-10-18(11-5-15)25-13-19(22)23/h4-11,14H,12-13H2,1-3H3,(H,22,23). The first-order valence-electron chi connectivity index (χ1n) is 8.15. The zero-order valence-corrected chi connectivity index (χ0v) is 14.7. The summed E-state index contributed by atoms with van der Waals surface area (Å²) in [4.78, 5) is 24.6. The zero-order chi connectivity index (χ0) is 18.4. The normalized spacial score (nSPS) is 10.6. The predicted molar refractivity (Wildman–Crippen MR) is 95.9 cm³/mol. The molecule has 25 heavy (non-hydrogen) atoms. The summed E-state index contributed by atoms with van der Waals surface area (Å²) in [6.07, 6.45) is 0. The number of hydrogen-bond donors (Lipinski definition) is 1. The van der Waals surface area contributed by atoms with E-state index < -0.39 is 5.97 Å². The average molecular weight is 341 g/mol. The van der Waals surface area contributed by atoms with Gasteiger partial charge in [-0.1, -0.05) is 38.1 Å². The number of benzene rings is 2. The van der Waals surface area contributed by atoms with Crippen LogP contribution in [0.1, 0.15) is 41.3 Å². The highest BCUT2D eigenvalue weighted by atomic mass is 16.5. The van der Waals surface area contributed by atoms with Crippen LogP contribution >= 0.6 is 0 Å². The number of hydrogen-bond acceptors (Lipinski definition) is 3. The zero-order valence-electron chi connectivity index (χ0n) is 14.7. The molecular weight excluding hydrogens is 318 g/mol. The SMILES string of the molecule is CC(C)c1ccc(C(=O)N(C)Cc2ccc(OCC(=O)O)cc2)cc1. The highest BCUT2D eigenvalue weighted by molar-refractivity contribution is 5.94. The minimum Gasteiger partial charge on any atom is -0.482 e. The van der Waals surface area contributed by atoms with E-state index in [0.29, 0.717) is 23.8 Å². The molecule has 0 aliphatic carbocycles. The van der Waals surface area contributed by atoms with Gasteiger partial charge in [-0.3, -0.25) is 4.79 Å². The van der Waals surface area contributed by atoms with Gasteiger partial charge in [-0.05, 0) is 41.3 Å². The molecule has 0 aliphatic rings. The summed E-state index contributed by atoms with van der Waals surface area (Å²) in [7, 11) is 1.76. The molecule has 0 saturated heterocycles. The predicted octanol–water partition coefficient (Wildman–Crippen LogP) is 3.55. The molecule has 0 spiro atoms. The molecule has 0 aromatic heterocycles. The van der Waals surface area contributed by atoms with Gasteiger partial charge in [0.1, 0.15) is 5.75 Å². The Bertz CT molecular complexity index is 720. The van der Waals surface area contributed by atoms with Crippen molar-refractivity contribution in [3.05, 3.63) is 65.2 Å². The van der Waals surface area contributed by atoms with E-state index in [9.17, 15) is 9.59 Å². The Morgan fingerprint density at radius 1 is 1.04 bits per heavy atom. The van der Waals surface area contributed by atoms with Gasteiger partial charge in [0.15, 0.2) is 6.61 Å². The molecule has 1 N–H and O–H groups in total. The van der Waals surface area contributed by atoms with Gasteiger partial charge in [-0.15, -0.1) is 0 Å². The Morgan fingerprint density at radius 2 is 1.64 bits per heavy atom. The number of rotatable bonds is 7. The van der Waals surface area contributed by atoms with Gasteiger partial charge in [-0.2, -0.15) is 0 Å². The number of nitrogens with zero attached hydrogens (tertiary/aromatic N) is 1. The lowest BCUT2D eigenvalue weighted by Crippen LogP contribution is -2.26. The van der Waals surface area contributed by atoms with Crippen molar-refractivity contribution in [3.8, 4) is 5.75 Å². The maximum absolute atomic E-state index is 12.5. The summed E-state index contributed by atoms with van der Waals surface area (Å²) < 4.78 is 5.09. The first kappa shape index (κ1) is 18.5. The van der Waals surface area contributed by atoms with Gasteiger partial charge < -0.3 is 14.7 Å². The molecule has 2 rings (SSSR count). The van der Waals surface area contributed by atoms with Gasteiger partial charge in [-0.25, -0.2) is 4.79 Å². The number of carboxylic acids is 1. The van der Waals surface area contributed by atoms with Crippen LogP contribution in [-0.4, -0.2) is 35.5 Å². The van der Waals surface area contributed by atoms with E-state index in [0.717, 1.165) is 5.56 Å². The van der Waals surface area contributed by atoms with Crippen LogP contribution in [0, 0.1) is 0 Å². The van der Waals surface area contributed by atoms with E-state index >= 15 is 0 Å². The Balaban J connectivity index is 1.97. The molecule has 5 nitrogen and oxygen atoms in total. The van der Waals surface area contributed by atoms with E-state index in [1.165, 1.54) is 5.56 Å². The van der Waals surface area contributed by atoms with Gasteiger partial charge in [0, 0.05) is 19.2 Å². The molecule has 0 saturated carbocycles. The van der Waals surface area contributed by atoms with Crippen molar-refractivity contribution < 1.29 is 19.4 Å². The Morgan fingerprint density at radius 3 is 2.16 bits per heavy atom.